The first-order valence-corrected chi connectivity index (χ1v) is 11.7. The van der Waals surface area contributed by atoms with Crippen molar-refractivity contribution in [3.05, 3.63) is 94.5 Å². The minimum Gasteiger partial charge on any atom is -0.335 e. The summed E-state index contributed by atoms with van der Waals surface area (Å²) in [7, 11) is 0. The number of aryl methyl sites for hydroxylation is 1. The molecule has 1 fully saturated rings. The van der Waals surface area contributed by atoms with Crippen LogP contribution in [-0.2, 0) is 13.1 Å². The van der Waals surface area contributed by atoms with Crippen LogP contribution in [0.3, 0.4) is 0 Å². The maximum atomic E-state index is 13.5. The van der Waals surface area contributed by atoms with E-state index in [1.54, 1.807) is 11.3 Å². The summed E-state index contributed by atoms with van der Waals surface area (Å²) in [4.78, 5) is 19.1. The zero-order valence-electron chi connectivity index (χ0n) is 17.8. The van der Waals surface area contributed by atoms with Crippen LogP contribution >= 0.6 is 11.3 Å². The fourth-order valence-electron chi connectivity index (χ4n) is 4.30. The molecule has 0 bridgehead atoms. The van der Waals surface area contributed by atoms with E-state index in [9.17, 15) is 4.79 Å². The van der Waals surface area contributed by atoms with Crippen LogP contribution in [0.2, 0.25) is 0 Å². The quantitative estimate of drug-likeness (QED) is 0.446. The number of benzene rings is 2. The van der Waals surface area contributed by atoms with Gasteiger partial charge >= 0.3 is 0 Å². The molecule has 158 valence electrons. The molecule has 0 aliphatic carbocycles. The highest BCUT2D eigenvalue weighted by atomic mass is 32.1. The van der Waals surface area contributed by atoms with Gasteiger partial charge in [0.15, 0.2) is 0 Å². The van der Waals surface area contributed by atoms with E-state index in [-0.39, 0.29) is 5.91 Å². The Morgan fingerprint density at radius 3 is 2.32 bits per heavy atom. The van der Waals surface area contributed by atoms with Crippen molar-refractivity contribution >= 4 is 27.5 Å². The zero-order chi connectivity index (χ0) is 21.2. The molecule has 5 heteroatoms. The van der Waals surface area contributed by atoms with Crippen molar-refractivity contribution in [3.63, 3.8) is 0 Å². The molecule has 0 atom stereocenters. The van der Waals surface area contributed by atoms with Crippen molar-refractivity contribution in [1.82, 2.24) is 14.4 Å². The average Bonchev–Trinajstić information content (AvgIpc) is 3.39. The minimum atomic E-state index is 0.148. The lowest BCUT2D eigenvalue weighted by Crippen LogP contribution is -2.48. The summed E-state index contributed by atoms with van der Waals surface area (Å²) in [6, 6.07) is 23.3. The summed E-state index contributed by atoms with van der Waals surface area (Å²) in [5.74, 6) is 0.148. The lowest BCUT2D eigenvalue weighted by atomic mass is 10.1. The largest absolute Gasteiger partial charge is 0.335 e. The van der Waals surface area contributed by atoms with Crippen LogP contribution in [0.15, 0.2) is 72.1 Å². The molecule has 4 nitrogen and oxygen atoms in total. The summed E-state index contributed by atoms with van der Waals surface area (Å²) in [6.07, 6.45) is 0. The van der Waals surface area contributed by atoms with Gasteiger partial charge in [0.2, 0.25) is 0 Å². The van der Waals surface area contributed by atoms with Crippen LogP contribution in [0.5, 0.6) is 0 Å². The predicted molar refractivity (Wildman–Crippen MR) is 128 cm³/mol. The number of fused-ring (bicyclic) bond motifs is 1. The number of nitrogens with zero attached hydrogens (tertiary/aromatic N) is 3. The lowest BCUT2D eigenvalue weighted by Gasteiger charge is -2.35. The molecule has 0 N–H and O–H groups in total. The Bertz CT molecular complexity index is 1170. The van der Waals surface area contributed by atoms with Gasteiger partial charge < -0.3 is 9.47 Å². The molecule has 4 aromatic rings. The third-order valence-electron chi connectivity index (χ3n) is 6.09. The molecular weight excluding hydrogens is 402 g/mol. The van der Waals surface area contributed by atoms with E-state index in [2.05, 4.69) is 88.5 Å². The molecule has 1 amide bonds. The van der Waals surface area contributed by atoms with Crippen molar-refractivity contribution in [2.75, 3.05) is 26.2 Å². The van der Waals surface area contributed by atoms with Gasteiger partial charge in [0.05, 0.1) is 0 Å². The van der Waals surface area contributed by atoms with Gasteiger partial charge in [0, 0.05) is 44.7 Å². The summed E-state index contributed by atoms with van der Waals surface area (Å²) in [5, 5.41) is 3.26. The Balaban J connectivity index is 1.32. The third-order valence-corrected chi connectivity index (χ3v) is 7.04. The molecule has 0 spiro atoms. The van der Waals surface area contributed by atoms with Crippen molar-refractivity contribution in [2.45, 2.75) is 20.0 Å². The minimum absolute atomic E-state index is 0.148. The van der Waals surface area contributed by atoms with E-state index in [4.69, 9.17) is 0 Å². The number of hydrogen-bond donors (Lipinski definition) is 0. The molecular formula is C26H27N3OS. The Morgan fingerprint density at radius 1 is 0.871 bits per heavy atom. The molecule has 2 aromatic carbocycles. The Hall–Kier alpha value is -2.89. The van der Waals surface area contributed by atoms with Gasteiger partial charge in [-0.3, -0.25) is 9.69 Å². The molecule has 0 unspecified atom stereocenters. The number of piperazine rings is 1. The van der Waals surface area contributed by atoms with Gasteiger partial charge in [-0.05, 0) is 35.6 Å². The molecule has 0 radical (unpaired) electrons. The molecule has 1 saturated heterocycles. The molecule has 0 saturated carbocycles. The fraction of sp³-hybridized carbons (Fsp3) is 0.269. The molecule has 2 aromatic heterocycles. The van der Waals surface area contributed by atoms with E-state index in [1.807, 2.05) is 4.90 Å². The van der Waals surface area contributed by atoms with Crippen LogP contribution in [0.25, 0.3) is 10.2 Å². The number of hydrogen-bond acceptors (Lipinski definition) is 3. The first-order chi connectivity index (χ1) is 15.2. The standard InChI is InChI=1S/C26H27N3OS/c1-20-7-9-22(10-8-20)19-29-24(17-23-11-16-31-26(23)29)25(30)28-14-12-27(13-15-28)18-21-5-3-2-4-6-21/h2-11,16-17H,12-15,18-19H2,1H3. The predicted octanol–water partition coefficient (Wildman–Crippen LogP) is 5.02. The van der Waals surface area contributed by atoms with E-state index >= 15 is 0 Å². The maximum absolute atomic E-state index is 13.5. The number of aromatic nitrogens is 1. The molecule has 5 rings (SSSR count). The summed E-state index contributed by atoms with van der Waals surface area (Å²) in [5.41, 5.74) is 4.61. The molecule has 1 aliphatic rings. The van der Waals surface area contributed by atoms with Gasteiger partial charge in [-0.25, -0.2) is 0 Å². The number of carbonyl (C=O) groups is 1. The third kappa shape index (κ3) is 4.29. The zero-order valence-corrected chi connectivity index (χ0v) is 18.6. The molecule has 31 heavy (non-hydrogen) atoms. The average molecular weight is 430 g/mol. The van der Waals surface area contributed by atoms with Crippen LogP contribution < -0.4 is 0 Å². The smallest absolute Gasteiger partial charge is 0.270 e. The highest BCUT2D eigenvalue weighted by molar-refractivity contribution is 7.16. The van der Waals surface area contributed by atoms with E-state index < -0.39 is 0 Å². The SMILES string of the molecule is Cc1ccc(Cn2c(C(=O)N3CCN(Cc4ccccc4)CC3)cc3ccsc32)cc1. The monoisotopic (exact) mass is 429 g/mol. The van der Waals surface area contributed by atoms with E-state index in [1.165, 1.54) is 21.5 Å². The van der Waals surface area contributed by atoms with Crippen molar-refractivity contribution in [1.29, 1.82) is 0 Å². The second-order valence-electron chi connectivity index (χ2n) is 8.34. The second kappa shape index (κ2) is 8.69. The van der Waals surface area contributed by atoms with E-state index in [0.717, 1.165) is 50.3 Å². The normalized spacial score (nSPS) is 14.9. The lowest BCUT2D eigenvalue weighted by molar-refractivity contribution is 0.0619. The van der Waals surface area contributed by atoms with Gasteiger partial charge in [-0.2, -0.15) is 0 Å². The Kier molecular flexibility index (Phi) is 5.62. The summed E-state index contributed by atoms with van der Waals surface area (Å²) in [6.45, 7) is 7.14. The van der Waals surface area contributed by atoms with Gasteiger partial charge in [0.25, 0.3) is 5.91 Å². The van der Waals surface area contributed by atoms with Crippen LogP contribution in [0, 0.1) is 6.92 Å². The van der Waals surface area contributed by atoms with Gasteiger partial charge in [-0.1, -0.05) is 60.2 Å². The number of amides is 1. The highest BCUT2D eigenvalue weighted by Gasteiger charge is 2.25. The molecule has 1 aliphatic heterocycles. The first kappa shape index (κ1) is 20.0. The number of carbonyl (C=O) groups excluding carboxylic acids is 1. The topological polar surface area (TPSA) is 28.5 Å². The van der Waals surface area contributed by atoms with Crippen molar-refractivity contribution in [3.8, 4) is 0 Å². The highest BCUT2D eigenvalue weighted by Crippen LogP contribution is 2.27. The van der Waals surface area contributed by atoms with Crippen molar-refractivity contribution < 1.29 is 4.79 Å². The number of thiophene rings is 1. The van der Waals surface area contributed by atoms with E-state index in [0.29, 0.717) is 0 Å². The maximum Gasteiger partial charge on any atom is 0.270 e. The molecule has 3 heterocycles. The summed E-state index contributed by atoms with van der Waals surface area (Å²) >= 11 is 1.71. The van der Waals surface area contributed by atoms with Crippen LogP contribution in [-0.4, -0.2) is 46.5 Å². The van der Waals surface area contributed by atoms with Crippen molar-refractivity contribution in [2.24, 2.45) is 0 Å². The van der Waals surface area contributed by atoms with Gasteiger partial charge in [0.1, 0.15) is 10.5 Å². The summed E-state index contributed by atoms with van der Waals surface area (Å²) < 4.78 is 2.20. The number of rotatable bonds is 5. The van der Waals surface area contributed by atoms with Gasteiger partial charge in [-0.15, -0.1) is 11.3 Å². The second-order valence-corrected chi connectivity index (χ2v) is 9.23. The first-order valence-electron chi connectivity index (χ1n) is 10.9. The van der Waals surface area contributed by atoms with Crippen LogP contribution in [0.1, 0.15) is 27.2 Å². The Morgan fingerprint density at radius 2 is 1.58 bits per heavy atom. The fourth-order valence-corrected chi connectivity index (χ4v) is 5.19. The Labute approximate surface area is 187 Å². The van der Waals surface area contributed by atoms with Crippen LogP contribution in [0.4, 0.5) is 0 Å².